The number of anilines is 1. The number of benzene rings is 1. The van der Waals surface area contributed by atoms with Crippen molar-refractivity contribution in [1.29, 1.82) is 0 Å². The van der Waals surface area contributed by atoms with Gasteiger partial charge < -0.3 is 14.8 Å². The maximum atomic E-state index is 13.4. The third kappa shape index (κ3) is 6.09. The number of nitrogens with one attached hydrogen (secondary N) is 1. The minimum Gasteiger partial charge on any atom is -0.462 e. The summed E-state index contributed by atoms with van der Waals surface area (Å²) in [7, 11) is 0. The molecule has 41 heavy (non-hydrogen) atoms. The SMILES string of the molecule is CCOC(=O)c1c(NC(=O)COC(=O)[C@H](C(C)C)N2C(=O)c3c(Br)c(Br)c(Br)c(Br)c3C2=O)sc2c1CC[C@H](C)C2. The molecule has 4 rings (SSSR count). The highest BCUT2D eigenvalue weighted by Gasteiger charge is 2.48. The van der Waals surface area contributed by atoms with Crippen LogP contribution < -0.4 is 5.32 Å². The number of hydrogen-bond acceptors (Lipinski definition) is 8. The highest BCUT2D eigenvalue weighted by molar-refractivity contribution is 9.15. The van der Waals surface area contributed by atoms with Gasteiger partial charge in [-0.15, -0.1) is 11.3 Å². The second-order valence-corrected chi connectivity index (χ2v) is 14.4. The van der Waals surface area contributed by atoms with Crippen LogP contribution in [-0.4, -0.2) is 53.8 Å². The van der Waals surface area contributed by atoms with Crippen molar-refractivity contribution in [1.82, 2.24) is 4.90 Å². The molecule has 2 aliphatic rings. The Morgan fingerprint density at radius 3 is 2.12 bits per heavy atom. The third-order valence-corrected chi connectivity index (χ3v) is 12.8. The molecule has 0 saturated heterocycles. The monoisotopic (exact) mass is 838 g/mol. The fourth-order valence-electron chi connectivity index (χ4n) is 4.94. The van der Waals surface area contributed by atoms with Gasteiger partial charge in [0.2, 0.25) is 0 Å². The molecule has 0 saturated carbocycles. The van der Waals surface area contributed by atoms with E-state index in [1.54, 1.807) is 20.8 Å². The zero-order valence-electron chi connectivity index (χ0n) is 22.5. The molecule has 14 heteroatoms. The van der Waals surface area contributed by atoms with Crippen molar-refractivity contribution in [2.24, 2.45) is 11.8 Å². The Bertz CT molecular complexity index is 1430. The predicted octanol–water partition coefficient (Wildman–Crippen LogP) is 6.90. The predicted molar refractivity (Wildman–Crippen MR) is 167 cm³/mol. The van der Waals surface area contributed by atoms with E-state index < -0.39 is 48.2 Å². The number of amides is 3. The van der Waals surface area contributed by atoms with Crippen molar-refractivity contribution in [2.75, 3.05) is 18.5 Å². The van der Waals surface area contributed by atoms with E-state index >= 15 is 0 Å². The molecule has 0 spiro atoms. The van der Waals surface area contributed by atoms with Crippen molar-refractivity contribution in [3.05, 3.63) is 45.0 Å². The van der Waals surface area contributed by atoms with Gasteiger partial charge in [-0.2, -0.15) is 0 Å². The smallest absolute Gasteiger partial charge is 0.341 e. The summed E-state index contributed by atoms with van der Waals surface area (Å²) >= 11 is 14.8. The van der Waals surface area contributed by atoms with Gasteiger partial charge in [-0.1, -0.05) is 20.8 Å². The molecule has 2 aromatic rings. The zero-order chi connectivity index (χ0) is 30.3. The number of ether oxygens (including phenoxy) is 2. The summed E-state index contributed by atoms with van der Waals surface area (Å²) in [5, 5.41) is 3.06. The number of esters is 2. The molecule has 9 nitrogen and oxygen atoms in total. The summed E-state index contributed by atoms with van der Waals surface area (Å²) in [5.74, 6) is -3.45. The molecule has 1 aromatic carbocycles. The van der Waals surface area contributed by atoms with Gasteiger partial charge in [0.1, 0.15) is 11.0 Å². The topological polar surface area (TPSA) is 119 Å². The summed E-state index contributed by atoms with van der Waals surface area (Å²) in [6.07, 6.45) is 2.44. The van der Waals surface area contributed by atoms with Crippen LogP contribution in [0.4, 0.5) is 5.00 Å². The molecule has 2 atom stereocenters. The van der Waals surface area contributed by atoms with E-state index in [0.29, 0.717) is 40.8 Å². The van der Waals surface area contributed by atoms with Crippen LogP contribution in [0.5, 0.6) is 0 Å². The number of carbonyl (C=O) groups excluding carboxylic acids is 5. The van der Waals surface area contributed by atoms with E-state index in [0.717, 1.165) is 28.2 Å². The highest BCUT2D eigenvalue weighted by Crippen LogP contribution is 2.46. The van der Waals surface area contributed by atoms with Crippen molar-refractivity contribution in [3.63, 3.8) is 0 Å². The fourth-order valence-corrected chi connectivity index (χ4v) is 8.81. The first-order valence-corrected chi connectivity index (χ1v) is 16.8. The van der Waals surface area contributed by atoms with Crippen molar-refractivity contribution in [2.45, 2.75) is 53.0 Å². The Labute approximate surface area is 274 Å². The molecule has 0 fully saturated rings. The van der Waals surface area contributed by atoms with Crippen molar-refractivity contribution < 1.29 is 33.4 Å². The minimum atomic E-state index is -1.28. The molecule has 3 amide bonds. The van der Waals surface area contributed by atoms with E-state index in [4.69, 9.17) is 9.47 Å². The van der Waals surface area contributed by atoms with Gasteiger partial charge in [-0.05, 0) is 107 Å². The summed E-state index contributed by atoms with van der Waals surface area (Å²) < 4.78 is 12.4. The quantitative estimate of drug-likeness (QED) is 0.133. The van der Waals surface area contributed by atoms with Gasteiger partial charge in [0.25, 0.3) is 17.7 Å². The lowest BCUT2D eigenvalue weighted by Crippen LogP contribution is -2.49. The van der Waals surface area contributed by atoms with Crippen molar-refractivity contribution >= 4 is 110 Å². The van der Waals surface area contributed by atoms with Gasteiger partial charge in [0, 0.05) is 22.8 Å². The maximum absolute atomic E-state index is 13.4. The molecule has 1 aliphatic heterocycles. The molecular weight excluding hydrogens is 816 g/mol. The molecule has 220 valence electrons. The van der Waals surface area contributed by atoms with Crippen LogP contribution in [0.2, 0.25) is 0 Å². The first-order chi connectivity index (χ1) is 19.3. The maximum Gasteiger partial charge on any atom is 0.341 e. The molecule has 2 heterocycles. The lowest BCUT2D eigenvalue weighted by atomic mass is 9.88. The van der Waals surface area contributed by atoms with Crippen LogP contribution in [0, 0.1) is 11.8 Å². The average molecular weight is 842 g/mol. The van der Waals surface area contributed by atoms with Gasteiger partial charge in [0.15, 0.2) is 6.61 Å². The molecule has 0 radical (unpaired) electrons. The van der Waals surface area contributed by atoms with Gasteiger partial charge in [0.05, 0.1) is 23.3 Å². The number of thiophene rings is 1. The fraction of sp³-hybridized carbons (Fsp3) is 0.444. The first-order valence-electron chi connectivity index (χ1n) is 12.8. The van der Waals surface area contributed by atoms with E-state index in [1.807, 2.05) is 0 Å². The lowest BCUT2D eigenvalue weighted by molar-refractivity contribution is -0.152. The van der Waals surface area contributed by atoms with Crippen LogP contribution in [0.15, 0.2) is 17.9 Å². The van der Waals surface area contributed by atoms with E-state index in [2.05, 4.69) is 76.0 Å². The van der Waals surface area contributed by atoms with Crippen molar-refractivity contribution in [3.8, 4) is 0 Å². The zero-order valence-corrected chi connectivity index (χ0v) is 29.7. The normalized spacial score (nSPS) is 16.9. The number of hydrogen-bond donors (Lipinski definition) is 1. The number of imide groups is 1. The molecule has 0 unspecified atom stereocenters. The Kier molecular flexibility index (Phi) is 10.2. The first kappa shape index (κ1) is 32.3. The number of halogens is 4. The summed E-state index contributed by atoms with van der Waals surface area (Å²) in [6, 6.07) is -1.28. The van der Waals surface area contributed by atoms with Crippen LogP contribution in [0.3, 0.4) is 0 Å². The minimum absolute atomic E-state index is 0.107. The summed E-state index contributed by atoms with van der Waals surface area (Å²) in [4.78, 5) is 67.7. The largest absolute Gasteiger partial charge is 0.462 e. The van der Waals surface area contributed by atoms with E-state index in [1.165, 1.54) is 11.3 Å². The summed E-state index contributed by atoms with van der Waals surface area (Å²) in [5.41, 5.74) is 1.45. The second kappa shape index (κ2) is 12.9. The third-order valence-electron chi connectivity index (χ3n) is 6.87. The van der Waals surface area contributed by atoms with Crippen LogP contribution in [0.25, 0.3) is 0 Å². The molecular formula is C27H26Br4N2O7S. The Hall–Kier alpha value is -1.61. The molecule has 1 aliphatic carbocycles. The van der Waals surface area contributed by atoms with Crippen LogP contribution >= 0.6 is 75.1 Å². The molecule has 1 aromatic heterocycles. The standard InChI is InChI=1S/C27H26Br4N2O7S/c1-5-39-26(37)15-12-7-6-11(4)8-13(12)41-23(15)32-14(34)9-40-27(38)22(10(2)3)33-24(35)16-17(25(33)36)19(29)21(31)20(30)18(16)28/h10-11,22H,5-9H2,1-4H3,(H,32,34)/t11-,22-/m0/s1. The highest BCUT2D eigenvalue weighted by atomic mass is 79.9. The van der Waals surface area contributed by atoms with Crippen LogP contribution in [0.1, 0.15) is 75.6 Å². The molecule has 1 N–H and O–H groups in total. The number of fused-ring (bicyclic) bond motifs is 2. The number of nitrogens with zero attached hydrogens (tertiary/aromatic N) is 1. The molecule has 0 bridgehead atoms. The van der Waals surface area contributed by atoms with E-state index in [-0.39, 0.29) is 17.7 Å². The average Bonchev–Trinajstić information content (AvgIpc) is 3.38. The van der Waals surface area contributed by atoms with Gasteiger partial charge in [-0.25, -0.2) is 9.59 Å². The van der Waals surface area contributed by atoms with E-state index in [9.17, 15) is 24.0 Å². The number of rotatable bonds is 8. The Balaban J connectivity index is 1.52. The number of carbonyl (C=O) groups is 5. The summed E-state index contributed by atoms with van der Waals surface area (Å²) in [6.45, 7) is 6.73. The Morgan fingerprint density at radius 2 is 1.59 bits per heavy atom. The Morgan fingerprint density at radius 1 is 1.00 bits per heavy atom. The van der Waals surface area contributed by atoms with Gasteiger partial charge >= 0.3 is 11.9 Å². The van der Waals surface area contributed by atoms with Crippen LogP contribution in [-0.2, 0) is 31.9 Å². The van der Waals surface area contributed by atoms with Gasteiger partial charge in [-0.3, -0.25) is 19.3 Å². The second-order valence-electron chi connectivity index (χ2n) is 10.1. The lowest BCUT2D eigenvalue weighted by Gasteiger charge is -2.27.